The average molecular weight is 305 g/mol. The Morgan fingerprint density at radius 1 is 1.18 bits per heavy atom. The van der Waals surface area contributed by atoms with Gasteiger partial charge in [-0.2, -0.15) is 0 Å². The van der Waals surface area contributed by atoms with E-state index in [1.165, 1.54) is 0 Å². The van der Waals surface area contributed by atoms with Gasteiger partial charge in [0, 0.05) is 25.4 Å². The highest BCUT2D eigenvalue weighted by molar-refractivity contribution is 5.78. The lowest BCUT2D eigenvalue weighted by Gasteiger charge is -2.28. The molecule has 0 radical (unpaired) electrons. The molecule has 0 fully saturated rings. The second kappa shape index (κ2) is 9.23. The van der Waals surface area contributed by atoms with Crippen LogP contribution in [-0.4, -0.2) is 28.4 Å². The van der Waals surface area contributed by atoms with Gasteiger partial charge < -0.3 is 10.0 Å². The first-order chi connectivity index (χ1) is 10.5. The van der Waals surface area contributed by atoms with Crippen molar-refractivity contribution < 1.29 is 14.7 Å². The maximum Gasteiger partial charge on any atom is 0.303 e. The molecular weight excluding hydrogens is 278 g/mol. The summed E-state index contributed by atoms with van der Waals surface area (Å²) in [5.74, 6) is -0.422. The van der Waals surface area contributed by atoms with Crippen molar-refractivity contribution in [3.63, 3.8) is 0 Å². The molecular formula is C18H27NO3. The predicted octanol–water partition coefficient (Wildman–Crippen LogP) is 3.56. The normalized spacial score (nSPS) is 13.4. The second-order valence-electron chi connectivity index (χ2n) is 5.92. The van der Waals surface area contributed by atoms with Crippen LogP contribution in [0.15, 0.2) is 30.3 Å². The zero-order chi connectivity index (χ0) is 16.5. The summed E-state index contributed by atoms with van der Waals surface area (Å²) in [5, 5.41) is 8.79. The molecule has 122 valence electrons. The number of carboxylic acid groups (broad SMARTS) is 1. The van der Waals surface area contributed by atoms with Crippen LogP contribution in [0, 0.1) is 11.8 Å². The number of amides is 1. The highest BCUT2D eigenvalue weighted by Gasteiger charge is 2.24. The number of hydrogen-bond acceptors (Lipinski definition) is 2. The van der Waals surface area contributed by atoms with E-state index >= 15 is 0 Å². The summed E-state index contributed by atoms with van der Waals surface area (Å²) in [6.07, 6.45) is 1.54. The Labute approximate surface area is 133 Å². The van der Waals surface area contributed by atoms with Crippen LogP contribution in [0.1, 0.15) is 45.6 Å². The van der Waals surface area contributed by atoms with Gasteiger partial charge in [-0.15, -0.1) is 0 Å². The number of carboxylic acids is 1. The molecule has 0 aliphatic rings. The molecule has 0 aliphatic carbocycles. The van der Waals surface area contributed by atoms with Crippen molar-refractivity contribution in [3.8, 4) is 0 Å². The molecule has 1 aromatic rings. The van der Waals surface area contributed by atoms with E-state index in [9.17, 15) is 9.59 Å². The van der Waals surface area contributed by atoms with Gasteiger partial charge >= 0.3 is 5.97 Å². The lowest BCUT2D eigenvalue weighted by Crippen LogP contribution is -2.37. The SMILES string of the molecule is CCC(C)C(C)C(=O)N(CCCC(=O)O)Cc1ccccc1. The monoisotopic (exact) mass is 305 g/mol. The highest BCUT2D eigenvalue weighted by atomic mass is 16.4. The Kier molecular flexibility index (Phi) is 7.64. The van der Waals surface area contributed by atoms with Crippen LogP contribution in [0.2, 0.25) is 0 Å². The van der Waals surface area contributed by atoms with Crippen molar-refractivity contribution in [2.45, 2.75) is 46.6 Å². The van der Waals surface area contributed by atoms with Crippen molar-refractivity contribution in [3.05, 3.63) is 35.9 Å². The molecule has 0 aliphatic heterocycles. The molecule has 2 atom stereocenters. The maximum atomic E-state index is 12.7. The van der Waals surface area contributed by atoms with Gasteiger partial charge in [-0.3, -0.25) is 9.59 Å². The Bertz CT molecular complexity index is 472. The van der Waals surface area contributed by atoms with Gasteiger partial charge in [0.25, 0.3) is 0 Å². The minimum absolute atomic E-state index is 0.0430. The van der Waals surface area contributed by atoms with E-state index in [1.54, 1.807) is 4.90 Å². The van der Waals surface area contributed by atoms with E-state index in [0.29, 0.717) is 25.4 Å². The zero-order valence-corrected chi connectivity index (χ0v) is 13.8. The molecule has 0 saturated carbocycles. The molecule has 0 heterocycles. The molecule has 0 saturated heterocycles. The lowest BCUT2D eigenvalue weighted by molar-refractivity contribution is -0.140. The Morgan fingerprint density at radius 3 is 2.36 bits per heavy atom. The van der Waals surface area contributed by atoms with E-state index in [2.05, 4.69) is 13.8 Å². The largest absolute Gasteiger partial charge is 0.481 e. The number of benzene rings is 1. The zero-order valence-electron chi connectivity index (χ0n) is 13.8. The summed E-state index contributed by atoms with van der Waals surface area (Å²) >= 11 is 0. The summed E-state index contributed by atoms with van der Waals surface area (Å²) in [6.45, 7) is 7.16. The van der Waals surface area contributed by atoms with Gasteiger partial charge in [0.2, 0.25) is 5.91 Å². The van der Waals surface area contributed by atoms with Crippen molar-refractivity contribution >= 4 is 11.9 Å². The van der Waals surface area contributed by atoms with E-state index in [1.807, 2.05) is 37.3 Å². The third kappa shape index (κ3) is 5.88. The highest BCUT2D eigenvalue weighted by Crippen LogP contribution is 2.19. The molecule has 0 spiro atoms. The van der Waals surface area contributed by atoms with Crippen LogP contribution in [0.3, 0.4) is 0 Å². The van der Waals surface area contributed by atoms with Gasteiger partial charge in [0.15, 0.2) is 0 Å². The first-order valence-corrected chi connectivity index (χ1v) is 8.00. The number of hydrogen-bond donors (Lipinski definition) is 1. The molecule has 0 bridgehead atoms. The summed E-state index contributed by atoms with van der Waals surface area (Å²) in [7, 11) is 0. The third-order valence-corrected chi connectivity index (χ3v) is 4.23. The molecule has 0 aromatic heterocycles. The number of nitrogens with zero attached hydrogens (tertiary/aromatic N) is 1. The smallest absolute Gasteiger partial charge is 0.303 e. The predicted molar refractivity (Wildman–Crippen MR) is 87.3 cm³/mol. The van der Waals surface area contributed by atoms with Crippen molar-refractivity contribution in [2.24, 2.45) is 11.8 Å². The van der Waals surface area contributed by atoms with Crippen molar-refractivity contribution in [1.82, 2.24) is 4.90 Å². The van der Waals surface area contributed by atoms with Crippen molar-refractivity contribution in [1.29, 1.82) is 0 Å². The fraction of sp³-hybridized carbons (Fsp3) is 0.556. The quantitative estimate of drug-likeness (QED) is 0.759. The van der Waals surface area contributed by atoms with Crippen LogP contribution < -0.4 is 0 Å². The minimum Gasteiger partial charge on any atom is -0.481 e. The van der Waals surface area contributed by atoms with Crippen LogP contribution >= 0.6 is 0 Å². The first-order valence-electron chi connectivity index (χ1n) is 8.00. The number of carbonyl (C=O) groups excluding carboxylic acids is 1. The van der Waals surface area contributed by atoms with Crippen LogP contribution in [0.5, 0.6) is 0 Å². The van der Waals surface area contributed by atoms with E-state index in [4.69, 9.17) is 5.11 Å². The van der Waals surface area contributed by atoms with Crippen molar-refractivity contribution in [2.75, 3.05) is 6.54 Å². The maximum absolute atomic E-state index is 12.7. The Morgan fingerprint density at radius 2 is 1.82 bits per heavy atom. The third-order valence-electron chi connectivity index (χ3n) is 4.23. The van der Waals surface area contributed by atoms with Gasteiger partial charge in [-0.05, 0) is 17.9 Å². The molecule has 4 nitrogen and oxygen atoms in total. The molecule has 1 N–H and O–H groups in total. The fourth-order valence-electron chi connectivity index (χ4n) is 2.38. The standard InChI is InChI=1S/C18H27NO3/c1-4-14(2)15(3)18(22)19(12-8-11-17(20)21)13-16-9-6-5-7-10-16/h5-7,9-10,14-15H,4,8,11-13H2,1-3H3,(H,20,21). The van der Waals surface area contributed by atoms with Gasteiger partial charge in [0.05, 0.1) is 0 Å². The number of aliphatic carboxylic acids is 1. The topological polar surface area (TPSA) is 57.6 Å². The van der Waals surface area contributed by atoms with E-state index in [0.717, 1.165) is 12.0 Å². The summed E-state index contributed by atoms with van der Waals surface area (Å²) in [5.41, 5.74) is 1.07. The van der Waals surface area contributed by atoms with E-state index in [-0.39, 0.29) is 18.2 Å². The molecule has 22 heavy (non-hydrogen) atoms. The number of carbonyl (C=O) groups is 2. The van der Waals surface area contributed by atoms with Gasteiger partial charge in [0.1, 0.15) is 0 Å². The van der Waals surface area contributed by atoms with Crippen LogP contribution in [-0.2, 0) is 16.1 Å². The molecule has 1 aromatic carbocycles. The lowest BCUT2D eigenvalue weighted by atomic mass is 9.92. The van der Waals surface area contributed by atoms with Crippen LogP contribution in [0.4, 0.5) is 0 Å². The average Bonchev–Trinajstić information content (AvgIpc) is 2.52. The fourth-order valence-corrected chi connectivity index (χ4v) is 2.38. The Hall–Kier alpha value is -1.84. The molecule has 2 unspecified atom stereocenters. The summed E-state index contributed by atoms with van der Waals surface area (Å²) in [6, 6.07) is 9.83. The second-order valence-corrected chi connectivity index (χ2v) is 5.92. The summed E-state index contributed by atoms with van der Waals surface area (Å²) in [4.78, 5) is 25.2. The van der Waals surface area contributed by atoms with Crippen LogP contribution in [0.25, 0.3) is 0 Å². The first kappa shape index (κ1) is 18.2. The number of rotatable bonds is 9. The molecule has 1 amide bonds. The summed E-state index contributed by atoms with van der Waals surface area (Å²) < 4.78 is 0. The Balaban J connectivity index is 2.76. The minimum atomic E-state index is -0.818. The van der Waals surface area contributed by atoms with Gasteiger partial charge in [-0.1, -0.05) is 57.5 Å². The van der Waals surface area contributed by atoms with Gasteiger partial charge in [-0.25, -0.2) is 0 Å². The molecule has 1 rings (SSSR count). The van der Waals surface area contributed by atoms with E-state index < -0.39 is 5.97 Å². The molecule has 4 heteroatoms.